The maximum absolute atomic E-state index is 14.9. The number of amides is 1. The van der Waals surface area contributed by atoms with E-state index in [1.54, 1.807) is 35.3 Å². The van der Waals surface area contributed by atoms with Crippen LogP contribution in [0.4, 0.5) is 4.79 Å². The van der Waals surface area contributed by atoms with Crippen LogP contribution in [0.5, 0.6) is 34.5 Å². The molecule has 15 nitrogen and oxygen atoms in total. The number of carbonyl (C=O) groups is 2. The fraction of sp³-hybridized carbons (Fsp3) is 0.491. The molecule has 7 atom stereocenters. The lowest BCUT2D eigenvalue weighted by Crippen LogP contribution is -2.70. The smallest absolute Gasteiger partial charge is 0.410 e. The second kappa shape index (κ2) is 23.0. The number of hydrogen-bond donors (Lipinski definition) is 2. The fourth-order valence-electron chi connectivity index (χ4n) is 10.5. The quantitative estimate of drug-likeness (QED) is 0.0399. The molecule has 1 amide bonds. The van der Waals surface area contributed by atoms with Crippen LogP contribution >= 0.6 is 0 Å². The van der Waals surface area contributed by atoms with Crippen LogP contribution in [0.2, 0.25) is 0 Å². The molecule has 3 aromatic rings. The zero-order chi connectivity index (χ0) is 47.5. The molecule has 0 radical (unpaired) electrons. The first-order valence-electron chi connectivity index (χ1n) is 23.9. The Morgan fingerprint density at radius 1 is 0.941 bits per heavy atom. The third-order valence-corrected chi connectivity index (χ3v) is 13.6. The van der Waals surface area contributed by atoms with E-state index in [4.69, 9.17) is 47.9 Å². The van der Waals surface area contributed by atoms with Crippen molar-refractivity contribution < 1.29 is 62.5 Å². The van der Waals surface area contributed by atoms with Crippen molar-refractivity contribution in [1.82, 2.24) is 4.90 Å². The van der Waals surface area contributed by atoms with Crippen LogP contribution in [-0.4, -0.2) is 98.3 Å². The number of oxime groups is 1. The van der Waals surface area contributed by atoms with E-state index < -0.39 is 30.1 Å². The second-order valence-corrected chi connectivity index (χ2v) is 17.8. The Bertz CT molecular complexity index is 2310. The first kappa shape index (κ1) is 48.6. The van der Waals surface area contributed by atoms with Gasteiger partial charge in [-0.15, -0.1) is 13.2 Å². The predicted octanol–water partition coefficient (Wildman–Crippen LogP) is 9.40. The normalized spacial score (nSPS) is 24.9. The molecule has 0 spiro atoms. The van der Waals surface area contributed by atoms with Gasteiger partial charge in [0.15, 0.2) is 17.8 Å². The number of allylic oxidation sites excluding steroid dienone is 1. The molecule has 15 heteroatoms. The molecular weight excluding hydrogens is 873 g/mol. The van der Waals surface area contributed by atoms with Crippen LogP contribution in [0.3, 0.4) is 0 Å². The molecule has 68 heavy (non-hydrogen) atoms. The zero-order valence-corrected chi connectivity index (χ0v) is 38.9. The molecular formula is C53H64N2O13. The van der Waals surface area contributed by atoms with Crippen molar-refractivity contribution >= 4 is 18.1 Å². The number of benzene rings is 3. The molecule has 0 bridgehead atoms. The summed E-state index contributed by atoms with van der Waals surface area (Å²) in [4.78, 5) is 34.9. The minimum absolute atomic E-state index is 0.00199. The molecule has 8 rings (SSSR count). The lowest BCUT2D eigenvalue weighted by Gasteiger charge is -2.59. The number of ether oxygens (including phenoxy) is 8. The summed E-state index contributed by atoms with van der Waals surface area (Å²) in [6.07, 6.45) is 12.7. The highest BCUT2D eigenvalue weighted by Gasteiger charge is 2.66. The Labute approximate surface area is 398 Å². The number of nitrogens with zero attached hydrogens (tertiary/aromatic N) is 2. The van der Waals surface area contributed by atoms with E-state index in [2.05, 4.69) is 19.2 Å². The van der Waals surface area contributed by atoms with E-state index in [0.717, 1.165) is 61.5 Å². The van der Waals surface area contributed by atoms with Crippen LogP contribution in [0.15, 0.2) is 96.7 Å². The minimum Gasteiger partial charge on any atom is -0.496 e. The molecule has 2 fully saturated rings. The van der Waals surface area contributed by atoms with Gasteiger partial charge in [0.1, 0.15) is 29.0 Å². The summed E-state index contributed by atoms with van der Waals surface area (Å²) in [6, 6.07) is 15.5. The van der Waals surface area contributed by atoms with E-state index in [1.165, 1.54) is 7.11 Å². The van der Waals surface area contributed by atoms with Crippen molar-refractivity contribution in [3.63, 3.8) is 0 Å². The van der Waals surface area contributed by atoms with Gasteiger partial charge in [0.25, 0.3) is 0 Å². The molecule has 1 saturated heterocycles. The van der Waals surface area contributed by atoms with Crippen LogP contribution in [-0.2, 0) is 25.6 Å². The van der Waals surface area contributed by atoms with Gasteiger partial charge >= 0.3 is 6.09 Å². The van der Waals surface area contributed by atoms with Crippen LogP contribution in [0.1, 0.15) is 98.0 Å². The van der Waals surface area contributed by atoms with Gasteiger partial charge in [-0.1, -0.05) is 42.3 Å². The van der Waals surface area contributed by atoms with Gasteiger partial charge in [-0.2, -0.15) is 0 Å². The van der Waals surface area contributed by atoms with Crippen molar-refractivity contribution in [3.8, 4) is 34.5 Å². The molecule has 3 heterocycles. The predicted molar refractivity (Wildman–Crippen MR) is 252 cm³/mol. The molecule has 2 N–H and O–H groups in total. The van der Waals surface area contributed by atoms with Gasteiger partial charge in [0, 0.05) is 44.1 Å². The Balaban J connectivity index is 1.33. The number of methoxy groups -OCH3 is 1. The van der Waals surface area contributed by atoms with E-state index in [9.17, 15) is 19.8 Å². The molecule has 364 valence electrons. The summed E-state index contributed by atoms with van der Waals surface area (Å²) in [5.74, 6) is 0.635. The van der Waals surface area contributed by atoms with E-state index in [1.807, 2.05) is 36.4 Å². The molecule has 5 aliphatic rings. The standard InChI is InChI=1S/C53H64N2O13/c1-4-6-25-62-52(59)55(32-35-16-19-46-47(27-35)64-34-63-46)48-31-43(54-68-49-15-9-12-26-61-49)41-29-36(13-7-10-22-56)40(14-8-11-23-57)50-42-30-39(66-38-17-20-44(60-3)37(28-38)33-58)18-21-45(42)67-53(48,51(41)50)65-24-5-2/h4-5,16-21,27-30,33,36,40,48-51,56-57H,1-2,6-15,22-26,31-32,34H2,3H3. The number of aliphatic hydroxyl groups is 2. The number of rotatable bonds is 23. The summed E-state index contributed by atoms with van der Waals surface area (Å²) < 4.78 is 50.0. The minimum atomic E-state index is -1.55. The highest BCUT2D eigenvalue weighted by molar-refractivity contribution is 6.03. The van der Waals surface area contributed by atoms with Gasteiger partial charge < -0.3 is 52.9 Å². The maximum atomic E-state index is 14.9. The van der Waals surface area contributed by atoms with Crippen LogP contribution in [0, 0.1) is 17.8 Å². The molecule has 7 unspecified atom stereocenters. The van der Waals surface area contributed by atoms with Crippen LogP contribution < -0.4 is 23.7 Å². The first-order chi connectivity index (χ1) is 33.3. The third-order valence-electron chi connectivity index (χ3n) is 13.6. The number of hydrogen-bond acceptors (Lipinski definition) is 14. The second-order valence-electron chi connectivity index (χ2n) is 17.8. The van der Waals surface area contributed by atoms with Crippen molar-refractivity contribution in [2.24, 2.45) is 22.9 Å². The Morgan fingerprint density at radius 3 is 2.50 bits per heavy atom. The van der Waals surface area contributed by atoms with E-state index >= 15 is 0 Å². The lowest BCUT2D eigenvalue weighted by atomic mass is 9.55. The number of aliphatic hydroxyl groups excluding tert-OH is 2. The molecule has 1 saturated carbocycles. The van der Waals surface area contributed by atoms with Crippen molar-refractivity contribution in [2.75, 3.05) is 46.9 Å². The number of fused-ring (bicyclic) bond motifs is 3. The van der Waals surface area contributed by atoms with E-state index in [0.29, 0.717) is 78.1 Å². The lowest BCUT2D eigenvalue weighted by molar-refractivity contribution is -0.256. The molecule has 2 aliphatic carbocycles. The van der Waals surface area contributed by atoms with Gasteiger partial charge in [0.05, 0.1) is 44.1 Å². The summed E-state index contributed by atoms with van der Waals surface area (Å²) in [6.45, 7) is 8.95. The molecule has 3 aromatic carbocycles. The van der Waals surface area contributed by atoms with Crippen molar-refractivity contribution in [1.29, 1.82) is 0 Å². The summed E-state index contributed by atoms with van der Waals surface area (Å²) in [5, 5.41) is 25.0. The number of aldehydes is 1. The largest absolute Gasteiger partial charge is 0.496 e. The summed E-state index contributed by atoms with van der Waals surface area (Å²) in [7, 11) is 1.51. The molecule has 3 aliphatic heterocycles. The monoisotopic (exact) mass is 936 g/mol. The van der Waals surface area contributed by atoms with Gasteiger partial charge in [-0.25, -0.2) is 4.79 Å². The van der Waals surface area contributed by atoms with Crippen LogP contribution in [0.25, 0.3) is 0 Å². The Morgan fingerprint density at radius 2 is 1.74 bits per heavy atom. The maximum Gasteiger partial charge on any atom is 0.410 e. The number of unbranched alkanes of at least 4 members (excludes halogenated alkanes) is 2. The Hall–Kier alpha value is -5.87. The van der Waals surface area contributed by atoms with Gasteiger partial charge in [-0.3, -0.25) is 9.69 Å². The van der Waals surface area contributed by atoms with Gasteiger partial charge in [0.2, 0.25) is 18.9 Å². The fourth-order valence-corrected chi connectivity index (χ4v) is 10.5. The van der Waals surface area contributed by atoms with Crippen molar-refractivity contribution in [2.45, 2.75) is 101 Å². The average Bonchev–Trinajstić information content (AvgIpc) is 3.84. The van der Waals surface area contributed by atoms with Gasteiger partial charge in [-0.05, 0) is 116 Å². The highest BCUT2D eigenvalue weighted by atomic mass is 16.8. The summed E-state index contributed by atoms with van der Waals surface area (Å²) in [5.41, 5.74) is 3.49. The zero-order valence-electron chi connectivity index (χ0n) is 38.9. The average molecular weight is 937 g/mol. The SMILES string of the molecule is C=CCCOC(=O)N(Cc1ccc2c(c1)OCO2)C1CC(=NOC2CCCCO2)C2=CC(CCCCO)C(CCCCO)C3c4cc(Oc5ccc(OC)c(C=O)c5)ccc4OC1(OCC=C)C23. The highest BCUT2D eigenvalue weighted by Crippen LogP contribution is 2.62. The molecule has 0 aromatic heterocycles. The summed E-state index contributed by atoms with van der Waals surface area (Å²) >= 11 is 0. The first-order valence-corrected chi connectivity index (χ1v) is 23.9. The topological polar surface area (TPSA) is 173 Å². The van der Waals surface area contributed by atoms with Crippen molar-refractivity contribution in [3.05, 3.63) is 108 Å². The Kier molecular flexibility index (Phi) is 16.4. The van der Waals surface area contributed by atoms with E-state index in [-0.39, 0.29) is 63.9 Å². The third kappa shape index (κ3) is 10.6. The number of carbonyl (C=O) groups excluding carboxylic acids is 2.